The van der Waals surface area contributed by atoms with Crippen LogP contribution in [-0.2, 0) is 4.79 Å². The molecule has 0 saturated heterocycles. The van der Waals surface area contributed by atoms with E-state index in [1.165, 1.54) is 0 Å². The van der Waals surface area contributed by atoms with E-state index in [0.717, 1.165) is 6.42 Å². The van der Waals surface area contributed by atoms with Gasteiger partial charge in [0.15, 0.2) is 23.1 Å². The highest BCUT2D eigenvalue weighted by Crippen LogP contribution is 2.71. The molecule has 1 aromatic heterocycles. The average molecular weight is 496 g/mol. The number of Topliss-reactive ketones (excluding diaryl/α,β-unsaturated/α-hetero) is 1. The molecule has 1 aromatic carbocycles. The smallest absolute Gasteiger partial charge is 0.262 e. The number of benzene rings is 1. The number of aromatic nitrogens is 1. The zero-order chi connectivity index (χ0) is 25.8. The predicted octanol–water partition coefficient (Wildman–Crippen LogP) is 3.05. The normalized spacial score (nSPS) is 40.5. The van der Waals surface area contributed by atoms with Crippen LogP contribution in [-0.4, -0.2) is 57.8 Å². The number of carbonyl (C=O) groups is 1. The number of carbonyl (C=O) groups excluding carboxylic acids is 1. The fraction of sp³-hybridized carbons (Fsp3) is 0.571. The van der Waals surface area contributed by atoms with Crippen LogP contribution in [0.1, 0.15) is 34.1 Å². The minimum Gasteiger partial charge on any atom is -0.497 e. The van der Waals surface area contributed by atoms with Gasteiger partial charge in [0, 0.05) is 5.92 Å². The molecule has 1 spiro atoms. The maximum atomic E-state index is 14.4. The number of aliphatic hydroxyl groups excluding tert-OH is 2. The van der Waals surface area contributed by atoms with Crippen LogP contribution in [0.4, 0.5) is 0 Å². The highest BCUT2D eigenvalue weighted by Gasteiger charge is 2.76. The summed E-state index contributed by atoms with van der Waals surface area (Å²) in [5, 5.41) is 39.1. The molecule has 192 valence electrons. The molecule has 2 aromatic rings. The average Bonchev–Trinajstić information content (AvgIpc) is 3.13. The van der Waals surface area contributed by atoms with Crippen molar-refractivity contribution in [3.05, 3.63) is 41.5 Å². The first-order valence-corrected chi connectivity index (χ1v) is 12.6. The Morgan fingerprint density at radius 3 is 2.72 bits per heavy atom. The van der Waals surface area contributed by atoms with E-state index in [-0.39, 0.29) is 34.5 Å². The molecule has 6 rings (SSSR count). The quantitative estimate of drug-likeness (QED) is 0.554. The molecule has 8 atom stereocenters. The molecule has 8 heteroatoms. The molecule has 1 heterocycles. The number of allylic oxidation sites excluding steroid dienone is 1. The van der Waals surface area contributed by atoms with E-state index in [2.05, 4.69) is 19.0 Å². The largest absolute Gasteiger partial charge is 0.497 e. The van der Waals surface area contributed by atoms with E-state index >= 15 is 0 Å². The van der Waals surface area contributed by atoms with Crippen LogP contribution in [0.15, 0.2) is 46.0 Å². The highest BCUT2D eigenvalue weighted by atomic mass is 16.6. The third-order valence-corrected chi connectivity index (χ3v) is 9.77. The van der Waals surface area contributed by atoms with Crippen LogP contribution in [0, 0.1) is 34.5 Å². The third kappa shape index (κ3) is 2.70. The number of ketones is 1. The lowest BCUT2D eigenvalue weighted by atomic mass is 9.59. The summed E-state index contributed by atoms with van der Waals surface area (Å²) in [7, 11) is 1.55. The number of methoxy groups -OCH3 is 1. The molecular weight excluding hydrogens is 462 g/mol. The molecule has 4 aliphatic carbocycles. The van der Waals surface area contributed by atoms with Gasteiger partial charge in [-0.25, -0.2) is 0 Å². The number of hydrogen-bond acceptors (Lipinski definition) is 8. The molecule has 36 heavy (non-hydrogen) atoms. The molecule has 2 fully saturated rings. The summed E-state index contributed by atoms with van der Waals surface area (Å²) in [6.45, 7) is 7.66. The molecule has 2 saturated carbocycles. The van der Waals surface area contributed by atoms with Gasteiger partial charge >= 0.3 is 0 Å². The monoisotopic (exact) mass is 495 g/mol. The van der Waals surface area contributed by atoms with Crippen molar-refractivity contribution in [2.75, 3.05) is 13.7 Å². The zero-order valence-corrected chi connectivity index (χ0v) is 21.2. The van der Waals surface area contributed by atoms with Gasteiger partial charge in [-0.3, -0.25) is 4.79 Å². The van der Waals surface area contributed by atoms with E-state index < -0.39 is 35.7 Å². The summed E-state index contributed by atoms with van der Waals surface area (Å²) in [6, 6.07) is 5.18. The topological polar surface area (TPSA) is 122 Å². The van der Waals surface area contributed by atoms with Crippen molar-refractivity contribution in [3.63, 3.8) is 0 Å². The SMILES string of the molecule is COc1ccc2onc(OC3C(C)=CC45C(=O)C(C=C(CO)C(O)C34O)C3C(CC5C)C3(C)C)c2c1. The second-order valence-electron chi connectivity index (χ2n) is 11.7. The Labute approximate surface area is 209 Å². The van der Waals surface area contributed by atoms with Gasteiger partial charge in [-0.2, -0.15) is 0 Å². The number of hydrogen-bond donors (Lipinski definition) is 3. The van der Waals surface area contributed by atoms with Gasteiger partial charge in [-0.15, -0.1) is 0 Å². The molecule has 2 bridgehead atoms. The second kappa shape index (κ2) is 7.43. The third-order valence-electron chi connectivity index (χ3n) is 9.77. The minimum atomic E-state index is -2.04. The Morgan fingerprint density at radius 1 is 1.28 bits per heavy atom. The second-order valence-corrected chi connectivity index (χ2v) is 11.7. The van der Waals surface area contributed by atoms with Gasteiger partial charge in [0.2, 0.25) is 0 Å². The lowest BCUT2D eigenvalue weighted by molar-refractivity contribution is -0.186. The summed E-state index contributed by atoms with van der Waals surface area (Å²) in [6.07, 6.45) is 1.68. The van der Waals surface area contributed by atoms with Gasteiger partial charge in [-0.05, 0) is 71.0 Å². The lowest BCUT2D eigenvalue weighted by Gasteiger charge is -2.48. The Hall–Kier alpha value is -2.68. The van der Waals surface area contributed by atoms with Crippen LogP contribution in [0.2, 0.25) is 0 Å². The lowest BCUT2D eigenvalue weighted by Crippen LogP contribution is -2.66. The van der Waals surface area contributed by atoms with Crippen molar-refractivity contribution in [1.82, 2.24) is 5.16 Å². The van der Waals surface area contributed by atoms with E-state index in [4.69, 9.17) is 14.0 Å². The standard InChI is InChI=1S/C28H33NO7/c1-13-11-27-14(2)8-19-21(26(19,3)4)18(23(27)32)9-15(12-30)22(31)28(27,33)24(13)35-25-17-10-16(34-5)6-7-20(17)36-29-25/h6-7,9-11,14,18-19,21-22,24,30-31,33H,8,12H2,1-5H3. The number of nitrogens with zero attached hydrogens (tertiary/aromatic N) is 1. The van der Waals surface area contributed by atoms with Crippen molar-refractivity contribution in [2.24, 2.45) is 34.5 Å². The highest BCUT2D eigenvalue weighted by molar-refractivity contribution is 5.95. The van der Waals surface area contributed by atoms with Crippen molar-refractivity contribution in [1.29, 1.82) is 0 Å². The van der Waals surface area contributed by atoms with Crippen LogP contribution in [0.25, 0.3) is 11.0 Å². The number of rotatable bonds is 4. The fourth-order valence-electron chi connectivity index (χ4n) is 7.81. The molecule has 8 nitrogen and oxygen atoms in total. The van der Waals surface area contributed by atoms with Gasteiger partial charge in [0.25, 0.3) is 5.88 Å². The van der Waals surface area contributed by atoms with E-state index in [0.29, 0.717) is 28.2 Å². The van der Waals surface area contributed by atoms with E-state index in [9.17, 15) is 20.1 Å². The zero-order valence-electron chi connectivity index (χ0n) is 21.2. The van der Waals surface area contributed by atoms with Gasteiger partial charge in [0.1, 0.15) is 11.9 Å². The molecule has 0 aliphatic heterocycles. The van der Waals surface area contributed by atoms with Crippen molar-refractivity contribution < 1.29 is 34.1 Å². The minimum absolute atomic E-state index is 0.0212. The Balaban J connectivity index is 1.51. The summed E-state index contributed by atoms with van der Waals surface area (Å²) >= 11 is 0. The number of aliphatic hydroxyl groups is 3. The van der Waals surface area contributed by atoms with Gasteiger partial charge < -0.3 is 29.3 Å². The van der Waals surface area contributed by atoms with Crippen LogP contribution < -0.4 is 9.47 Å². The Bertz CT molecular complexity index is 1320. The molecule has 0 radical (unpaired) electrons. The molecule has 0 amide bonds. The van der Waals surface area contributed by atoms with Crippen molar-refractivity contribution in [3.8, 4) is 11.6 Å². The number of fused-ring (bicyclic) bond motifs is 4. The van der Waals surface area contributed by atoms with Crippen LogP contribution >= 0.6 is 0 Å². The maximum Gasteiger partial charge on any atom is 0.262 e. The molecule has 3 N–H and O–H groups in total. The Kier molecular flexibility index (Phi) is 4.89. The van der Waals surface area contributed by atoms with Crippen molar-refractivity contribution >= 4 is 16.8 Å². The maximum absolute atomic E-state index is 14.4. The molecular formula is C28H33NO7. The number of ether oxygens (including phenoxy) is 2. The van der Waals surface area contributed by atoms with Crippen molar-refractivity contribution in [2.45, 2.75) is 51.9 Å². The van der Waals surface area contributed by atoms with Gasteiger partial charge in [0.05, 0.1) is 24.5 Å². The summed E-state index contributed by atoms with van der Waals surface area (Å²) in [5.41, 5.74) is -2.08. The first-order chi connectivity index (χ1) is 17.0. The Morgan fingerprint density at radius 2 is 2.03 bits per heavy atom. The van der Waals surface area contributed by atoms with E-state index in [1.54, 1.807) is 38.3 Å². The first-order valence-electron chi connectivity index (χ1n) is 12.6. The summed E-state index contributed by atoms with van der Waals surface area (Å²) < 4.78 is 17.1. The summed E-state index contributed by atoms with van der Waals surface area (Å²) in [5.74, 6) is 0.263. The van der Waals surface area contributed by atoms with Gasteiger partial charge in [-0.1, -0.05) is 32.9 Å². The first kappa shape index (κ1) is 23.7. The van der Waals surface area contributed by atoms with Crippen LogP contribution in [0.3, 0.4) is 0 Å². The van der Waals surface area contributed by atoms with Crippen LogP contribution in [0.5, 0.6) is 11.6 Å². The summed E-state index contributed by atoms with van der Waals surface area (Å²) in [4.78, 5) is 14.4. The predicted molar refractivity (Wildman–Crippen MR) is 130 cm³/mol. The van der Waals surface area contributed by atoms with E-state index in [1.807, 2.05) is 13.0 Å². The fourth-order valence-corrected chi connectivity index (χ4v) is 7.81. The molecule has 8 unspecified atom stereocenters. The molecule has 4 aliphatic rings.